The van der Waals surface area contributed by atoms with Crippen LogP contribution in [0, 0.1) is 11.3 Å². The van der Waals surface area contributed by atoms with Crippen molar-refractivity contribution in [3.05, 3.63) is 11.6 Å². The zero-order chi connectivity index (χ0) is 10.2. The van der Waals surface area contributed by atoms with Crippen LogP contribution in [-0.2, 0) is 0 Å². The topological polar surface area (TPSA) is 20.2 Å². The number of fused-ring (bicyclic) bond motifs is 2. The minimum atomic E-state index is -0.209. The maximum absolute atomic E-state index is 10.2. The van der Waals surface area contributed by atoms with Gasteiger partial charge in [-0.1, -0.05) is 11.6 Å². The first kappa shape index (κ1) is 10.9. The zero-order valence-electron chi connectivity index (χ0n) is 8.82. The number of thioether (sulfide) groups is 2. The van der Waals surface area contributed by atoms with E-state index in [0.717, 1.165) is 17.4 Å². The molecule has 0 saturated carbocycles. The van der Waals surface area contributed by atoms with Gasteiger partial charge in [-0.2, -0.15) is 23.5 Å². The molecule has 3 atom stereocenters. The summed E-state index contributed by atoms with van der Waals surface area (Å²) in [5.41, 5.74) is 1.58. The summed E-state index contributed by atoms with van der Waals surface area (Å²) in [5, 5.41) is 10.2. The van der Waals surface area contributed by atoms with E-state index in [4.69, 9.17) is 0 Å². The van der Waals surface area contributed by atoms with Crippen LogP contribution in [0.15, 0.2) is 11.6 Å². The molecule has 0 aromatic carbocycles. The van der Waals surface area contributed by atoms with Gasteiger partial charge >= 0.3 is 0 Å². The van der Waals surface area contributed by atoms with Gasteiger partial charge in [0.05, 0.1) is 6.10 Å². The van der Waals surface area contributed by atoms with Crippen LogP contribution in [-0.4, -0.2) is 34.7 Å². The molecule has 3 unspecified atom stereocenters. The molecule has 1 nitrogen and oxygen atoms in total. The van der Waals surface area contributed by atoms with Gasteiger partial charge < -0.3 is 5.11 Å². The van der Waals surface area contributed by atoms with Gasteiger partial charge in [-0.05, 0) is 31.3 Å². The van der Waals surface area contributed by atoms with E-state index in [-0.39, 0.29) is 11.5 Å². The number of hydrogen-bond acceptors (Lipinski definition) is 3. The second kappa shape index (κ2) is 4.11. The highest BCUT2D eigenvalue weighted by atomic mass is 32.2. The van der Waals surface area contributed by atoms with Crippen LogP contribution in [0.5, 0.6) is 0 Å². The molecule has 1 heterocycles. The molecular formula is C11H18OS2. The van der Waals surface area contributed by atoms with E-state index in [1.165, 1.54) is 17.7 Å². The van der Waals surface area contributed by atoms with Gasteiger partial charge in [-0.25, -0.2) is 0 Å². The monoisotopic (exact) mass is 230 g/mol. The Morgan fingerprint density at radius 1 is 1.71 bits per heavy atom. The lowest BCUT2D eigenvalue weighted by Gasteiger charge is -2.46. The molecule has 1 saturated heterocycles. The fraction of sp³-hybridized carbons (Fsp3) is 0.818. The summed E-state index contributed by atoms with van der Waals surface area (Å²) in [5.74, 6) is 4.21. The van der Waals surface area contributed by atoms with E-state index in [0.29, 0.717) is 0 Å². The normalized spacial score (nSPS) is 42.1. The number of rotatable bonds is 2. The third-order valence-corrected chi connectivity index (χ3v) is 5.77. The molecule has 0 spiro atoms. The molecule has 0 aromatic heterocycles. The lowest BCUT2D eigenvalue weighted by molar-refractivity contribution is 0.0681. The molecule has 0 amide bonds. The van der Waals surface area contributed by atoms with Crippen molar-refractivity contribution in [3.63, 3.8) is 0 Å². The van der Waals surface area contributed by atoms with Gasteiger partial charge in [-0.3, -0.25) is 0 Å². The Bertz CT molecular complexity index is 248. The first-order valence-corrected chi connectivity index (χ1v) is 7.66. The minimum Gasteiger partial charge on any atom is -0.388 e. The van der Waals surface area contributed by atoms with Crippen molar-refractivity contribution in [3.8, 4) is 0 Å². The van der Waals surface area contributed by atoms with Crippen molar-refractivity contribution in [2.24, 2.45) is 11.3 Å². The minimum absolute atomic E-state index is 0.173. The molecule has 1 fully saturated rings. The van der Waals surface area contributed by atoms with E-state index >= 15 is 0 Å². The number of hydrogen-bond donors (Lipinski definition) is 1. The maximum atomic E-state index is 10.2. The number of allylic oxidation sites excluding steroid dienone is 1. The Balaban J connectivity index is 2.24. The van der Waals surface area contributed by atoms with Crippen LogP contribution in [0.1, 0.15) is 13.3 Å². The molecule has 3 heteroatoms. The summed E-state index contributed by atoms with van der Waals surface area (Å²) in [4.78, 5) is 0. The Hall–Kier alpha value is 0.400. The summed E-state index contributed by atoms with van der Waals surface area (Å²) < 4.78 is 0. The largest absolute Gasteiger partial charge is 0.388 e. The highest BCUT2D eigenvalue weighted by Gasteiger charge is 2.44. The van der Waals surface area contributed by atoms with Crippen molar-refractivity contribution in [1.29, 1.82) is 0 Å². The van der Waals surface area contributed by atoms with Crippen LogP contribution in [0.3, 0.4) is 0 Å². The summed E-state index contributed by atoms with van der Waals surface area (Å²) in [6, 6.07) is 0. The molecule has 0 aromatic rings. The van der Waals surface area contributed by atoms with Gasteiger partial charge in [0, 0.05) is 16.9 Å². The molecular weight excluding hydrogens is 212 g/mol. The van der Waals surface area contributed by atoms with Crippen LogP contribution in [0.2, 0.25) is 0 Å². The summed E-state index contributed by atoms with van der Waals surface area (Å²) in [6.07, 6.45) is 5.23. The molecule has 2 aliphatic rings. The Morgan fingerprint density at radius 3 is 3.21 bits per heavy atom. The van der Waals surface area contributed by atoms with Crippen LogP contribution >= 0.6 is 23.5 Å². The number of aliphatic hydroxyl groups is 1. The van der Waals surface area contributed by atoms with Crippen LogP contribution in [0.4, 0.5) is 0 Å². The second-order valence-corrected chi connectivity index (χ2v) is 6.46. The molecule has 2 bridgehead atoms. The smallest absolute Gasteiger partial charge is 0.0795 e. The highest BCUT2D eigenvalue weighted by molar-refractivity contribution is 8.00. The van der Waals surface area contributed by atoms with Crippen molar-refractivity contribution in [2.75, 3.05) is 23.5 Å². The fourth-order valence-corrected chi connectivity index (χ4v) is 5.22. The molecule has 1 N–H and O–H groups in total. The Labute approximate surface area is 94.7 Å². The van der Waals surface area contributed by atoms with Gasteiger partial charge in [0.1, 0.15) is 0 Å². The van der Waals surface area contributed by atoms with E-state index in [1.54, 1.807) is 0 Å². The summed E-state index contributed by atoms with van der Waals surface area (Å²) in [6.45, 7) is 2.17. The van der Waals surface area contributed by atoms with Gasteiger partial charge in [0.15, 0.2) is 0 Å². The number of aliphatic hydroxyl groups excluding tert-OH is 1. The van der Waals surface area contributed by atoms with Gasteiger partial charge in [-0.15, -0.1) is 0 Å². The lowest BCUT2D eigenvalue weighted by Crippen LogP contribution is -2.47. The van der Waals surface area contributed by atoms with Gasteiger partial charge in [0.25, 0.3) is 0 Å². The predicted molar refractivity (Wildman–Crippen MR) is 66.0 cm³/mol. The summed E-state index contributed by atoms with van der Waals surface area (Å²) >= 11 is 3.89. The molecule has 80 valence electrons. The highest BCUT2D eigenvalue weighted by Crippen LogP contribution is 2.48. The molecule has 14 heavy (non-hydrogen) atoms. The van der Waals surface area contributed by atoms with E-state index in [9.17, 15) is 5.11 Å². The third-order valence-electron chi connectivity index (χ3n) is 3.49. The van der Waals surface area contributed by atoms with Crippen LogP contribution in [0.25, 0.3) is 0 Å². The van der Waals surface area contributed by atoms with Crippen molar-refractivity contribution in [1.82, 2.24) is 0 Å². The summed E-state index contributed by atoms with van der Waals surface area (Å²) in [7, 11) is 0. The maximum Gasteiger partial charge on any atom is 0.0795 e. The average Bonchev–Trinajstić information content (AvgIpc) is 2.16. The Morgan fingerprint density at radius 2 is 2.50 bits per heavy atom. The molecule has 2 rings (SSSR count). The molecule has 1 aliphatic carbocycles. The van der Waals surface area contributed by atoms with Crippen molar-refractivity contribution >= 4 is 23.5 Å². The van der Waals surface area contributed by atoms with Crippen molar-refractivity contribution < 1.29 is 5.11 Å². The second-order valence-electron chi connectivity index (χ2n) is 4.57. The fourth-order valence-electron chi connectivity index (χ4n) is 2.55. The van der Waals surface area contributed by atoms with Crippen molar-refractivity contribution in [2.45, 2.75) is 19.4 Å². The van der Waals surface area contributed by atoms with E-state index in [2.05, 4.69) is 19.3 Å². The SMILES string of the molecule is CSCC12CSCC(C1)C(C)=CC2O. The lowest BCUT2D eigenvalue weighted by atomic mass is 9.71. The third kappa shape index (κ3) is 1.74. The quantitative estimate of drug-likeness (QED) is 0.736. The average molecular weight is 230 g/mol. The molecule has 1 aliphatic heterocycles. The first-order chi connectivity index (χ1) is 6.68. The van der Waals surface area contributed by atoms with E-state index < -0.39 is 0 Å². The standard InChI is InChI=1S/C11H18OS2/c1-8-3-10(12)11(6-13-2)4-9(8)5-14-7-11/h3,9-10,12H,4-7H2,1-2H3. The van der Waals surface area contributed by atoms with Crippen LogP contribution < -0.4 is 0 Å². The van der Waals surface area contributed by atoms with E-state index in [1.807, 2.05) is 23.5 Å². The zero-order valence-corrected chi connectivity index (χ0v) is 10.5. The predicted octanol–water partition coefficient (Wildman–Crippen LogP) is 2.41. The Kier molecular flexibility index (Phi) is 3.20. The van der Waals surface area contributed by atoms with Gasteiger partial charge in [0.2, 0.25) is 0 Å². The first-order valence-electron chi connectivity index (χ1n) is 5.11. The molecule has 0 radical (unpaired) electrons.